The summed E-state index contributed by atoms with van der Waals surface area (Å²) < 4.78 is 45.7. The molecule has 8 heteroatoms. The van der Waals surface area contributed by atoms with Crippen molar-refractivity contribution >= 4 is 22.3 Å². The molecule has 0 amide bonds. The van der Waals surface area contributed by atoms with Crippen molar-refractivity contribution in [2.75, 3.05) is 23.3 Å². The van der Waals surface area contributed by atoms with E-state index in [2.05, 4.69) is 26.5 Å². The minimum Gasteiger partial charge on any atom is -0.377 e. The molecule has 1 N–H and O–H groups in total. The van der Waals surface area contributed by atoms with Crippen LogP contribution in [0.4, 0.5) is 24.5 Å². The lowest BCUT2D eigenvalue weighted by molar-refractivity contribution is -0.138. The molecule has 5 nitrogen and oxygen atoms in total. The van der Waals surface area contributed by atoms with Gasteiger partial charge in [0.1, 0.15) is 0 Å². The zero-order valence-corrected chi connectivity index (χ0v) is 17.3. The largest absolute Gasteiger partial charge is 0.416 e. The molecule has 4 heterocycles. The Morgan fingerprint density at radius 1 is 1.16 bits per heavy atom. The van der Waals surface area contributed by atoms with Crippen LogP contribution < -0.4 is 10.2 Å². The number of aromatic nitrogens is 2. The Morgan fingerprint density at radius 2 is 1.90 bits per heavy atom. The van der Waals surface area contributed by atoms with E-state index in [9.17, 15) is 13.2 Å². The fourth-order valence-electron chi connectivity index (χ4n) is 4.66. The van der Waals surface area contributed by atoms with Crippen LogP contribution in [0.3, 0.4) is 0 Å². The number of fused-ring (bicyclic) bond motifs is 3. The average Bonchev–Trinajstić information content (AvgIpc) is 2.72. The van der Waals surface area contributed by atoms with Gasteiger partial charge in [0.25, 0.3) is 0 Å². The smallest absolute Gasteiger partial charge is 0.377 e. The van der Waals surface area contributed by atoms with E-state index >= 15 is 0 Å². The predicted molar refractivity (Wildman–Crippen MR) is 113 cm³/mol. The van der Waals surface area contributed by atoms with Crippen molar-refractivity contribution in [1.29, 1.82) is 0 Å². The van der Waals surface area contributed by atoms with Gasteiger partial charge in [-0.1, -0.05) is 12.1 Å². The van der Waals surface area contributed by atoms with E-state index in [1.807, 2.05) is 19.1 Å². The van der Waals surface area contributed by atoms with E-state index in [1.54, 1.807) is 12.3 Å². The van der Waals surface area contributed by atoms with Gasteiger partial charge in [-0.25, -0.2) is 0 Å². The van der Waals surface area contributed by atoms with Gasteiger partial charge in [0.2, 0.25) is 0 Å². The van der Waals surface area contributed by atoms with Crippen LogP contribution in [0.5, 0.6) is 0 Å². The molecular formula is C23H23F3N4O. The Kier molecular flexibility index (Phi) is 4.77. The first-order chi connectivity index (χ1) is 14.8. The summed E-state index contributed by atoms with van der Waals surface area (Å²) in [5, 5.41) is 12.5. The lowest BCUT2D eigenvalue weighted by Gasteiger charge is -2.48. The molecule has 2 unspecified atom stereocenters. The summed E-state index contributed by atoms with van der Waals surface area (Å²) in [6, 6.07) is 10.0. The van der Waals surface area contributed by atoms with Crippen LogP contribution in [0.1, 0.15) is 36.1 Å². The Bertz CT molecular complexity index is 1120. The minimum atomic E-state index is -4.38. The highest BCUT2D eigenvalue weighted by molar-refractivity contribution is 5.93. The predicted octanol–water partition coefficient (Wildman–Crippen LogP) is 5.11. The minimum absolute atomic E-state index is 0.231. The molecule has 2 aromatic carbocycles. The molecule has 0 aliphatic carbocycles. The second-order valence-corrected chi connectivity index (χ2v) is 8.36. The Morgan fingerprint density at radius 3 is 2.61 bits per heavy atom. The maximum Gasteiger partial charge on any atom is 0.416 e. The van der Waals surface area contributed by atoms with Crippen LogP contribution >= 0.6 is 0 Å². The third kappa shape index (κ3) is 3.69. The van der Waals surface area contributed by atoms with Crippen molar-refractivity contribution < 1.29 is 17.9 Å². The van der Waals surface area contributed by atoms with Crippen molar-refractivity contribution in [3.05, 3.63) is 59.3 Å². The van der Waals surface area contributed by atoms with E-state index in [-0.39, 0.29) is 11.6 Å². The number of anilines is 2. The number of morpholine rings is 1. The van der Waals surface area contributed by atoms with Crippen molar-refractivity contribution in [2.45, 2.75) is 44.7 Å². The zero-order valence-electron chi connectivity index (χ0n) is 17.3. The quantitative estimate of drug-likeness (QED) is 0.626. The van der Waals surface area contributed by atoms with Crippen LogP contribution in [0, 0.1) is 6.92 Å². The molecule has 3 atom stereocenters. The molecule has 0 saturated carbocycles. The number of benzene rings is 2. The molecule has 2 bridgehead atoms. The van der Waals surface area contributed by atoms with Gasteiger partial charge < -0.3 is 15.0 Å². The van der Waals surface area contributed by atoms with Crippen LogP contribution in [0.15, 0.2) is 42.6 Å². The number of hydrogen-bond donors (Lipinski definition) is 1. The second kappa shape index (κ2) is 7.37. The summed E-state index contributed by atoms with van der Waals surface area (Å²) in [5.74, 6) is 0. The van der Waals surface area contributed by atoms with Gasteiger partial charge in [-0.05, 0) is 49.2 Å². The highest BCUT2D eigenvalue weighted by Gasteiger charge is 2.38. The highest BCUT2D eigenvalue weighted by atomic mass is 19.4. The number of piperidine rings is 1. The SMILES string of the molecule is Cc1c([C@@H](C)Nc2cnnc3ccc(N4CC5CC(C4)O5)cc23)cccc1C(F)(F)F. The van der Waals surface area contributed by atoms with Crippen LogP contribution in [-0.4, -0.2) is 35.5 Å². The van der Waals surface area contributed by atoms with Crippen molar-refractivity contribution in [3.8, 4) is 0 Å². The average molecular weight is 428 g/mol. The molecule has 3 fully saturated rings. The van der Waals surface area contributed by atoms with Crippen molar-refractivity contribution in [1.82, 2.24) is 10.2 Å². The molecule has 3 aliphatic heterocycles. The highest BCUT2D eigenvalue weighted by Crippen LogP contribution is 2.37. The van der Waals surface area contributed by atoms with Gasteiger partial charge in [-0.3, -0.25) is 0 Å². The summed E-state index contributed by atoms with van der Waals surface area (Å²) in [5.41, 5.74) is 2.79. The third-order valence-corrected chi connectivity index (χ3v) is 6.27. The third-order valence-electron chi connectivity index (χ3n) is 6.27. The summed E-state index contributed by atoms with van der Waals surface area (Å²) in [6.07, 6.45) is -1.03. The number of alkyl halides is 3. The molecule has 162 valence electrons. The fourth-order valence-corrected chi connectivity index (χ4v) is 4.66. The molecule has 6 rings (SSSR count). The number of rotatable bonds is 4. The summed E-state index contributed by atoms with van der Waals surface area (Å²) in [6.45, 7) is 5.10. The van der Waals surface area contributed by atoms with E-state index in [0.717, 1.165) is 47.9 Å². The van der Waals surface area contributed by atoms with Gasteiger partial charge >= 0.3 is 6.18 Å². The molecule has 0 radical (unpaired) electrons. The normalized spacial score (nSPS) is 21.6. The lowest BCUT2D eigenvalue weighted by atomic mass is 9.97. The number of nitrogens with zero attached hydrogens (tertiary/aromatic N) is 3. The number of ether oxygens (including phenoxy) is 1. The van der Waals surface area contributed by atoms with Gasteiger partial charge in [-0.2, -0.15) is 23.4 Å². The lowest BCUT2D eigenvalue weighted by Crippen LogP contribution is -2.57. The van der Waals surface area contributed by atoms with E-state index in [1.165, 1.54) is 13.0 Å². The van der Waals surface area contributed by atoms with E-state index in [4.69, 9.17) is 4.74 Å². The zero-order chi connectivity index (χ0) is 21.8. The second-order valence-electron chi connectivity index (χ2n) is 8.36. The fraction of sp³-hybridized carbons (Fsp3) is 0.391. The molecule has 3 saturated heterocycles. The summed E-state index contributed by atoms with van der Waals surface area (Å²) in [4.78, 5) is 2.31. The van der Waals surface area contributed by atoms with Crippen LogP contribution in [0.25, 0.3) is 10.9 Å². The Labute approximate surface area is 178 Å². The van der Waals surface area contributed by atoms with Gasteiger partial charge in [0.05, 0.1) is 35.2 Å². The molecule has 3 aliphatic rings. The molecule has 0 spiro atoms. The first-order valence-corrected chi connectivity index (χ1v) is 10.4. The standard InChI is InChI=1S/C23H23F3N4O/c1-13-18(4-3-5-20(13)23(24,25)26)14(2)28-22-10-27-29-21-7-6-15(8-19(21)22)30-11-16-9-17(12-30)31-16/h3-8,10,14,16-17H,9,11-12H2,1-2H3,(H,28,29)/t14-,16?,17?/m1/s1. The Hall–Kier alpha value is -2.87. The van der Waals surface area contributed by atoms with Gasteiger partial charge in [-0.15, -0.1) is 0 Å². The molecular weight excluding hydrogens is 405 g/mol. The first kappa shape index (κ1) is 20.1. The number of hydrogen-bond acceptors (Lipinski definition) is 5. The van der Waals surface area contributed by atoms with Crippen LogP contribution in [-0.2, 0) is 10.9 Å². The summed E-state index contributed by atoms with van der Waals surface area (Å²) >= 11 is 0. The first-order valence-electron chi connectivity index (χ1n) is 10.4. The molecule has 1 aromatic heterocycles. The number of halogens is 3. The van der Waals surface area contributed by atoms with Gasteiger partial charge in [0.15, 0.2) is 0 Å². The molecule has 31 heavy (non-hydrogen) atoms. The maximum atomic E-state index is 13.3. The van der Waals surface area contributed by atoms with Crippen molar-refractivity contribution in [3.63, 3.8) is 0 Å². The molecule has 3 aromatic rings. The van der Waals surface area contributed by atoms with E-state index < -0.39 is 11.7 Å². The maximum absolute atomic E-state index is 13.3. The monoisotopic (exact) mass is 428 g/mol. The van der Waals surface area contributed by atoms with Gasteiger partial charge in [0, 0.05) is 36.6 Å². The van der Waals surface area contributed by atoms with Crippen LogP contribution in [0.2, 0.25) is 0 Å². The Balaban J connectivity index is 1.46. The van der Waals surface area contributed by atoms with E-state index in [0.29, 0.717) is 17.8 Å². The summed E-state index contributed by atoms with van der Waals surface area (Å²) in [7, 11) is 0. The topological polar surface area (TPSA) is 50.3 Å². The number of nitrogens with one attached hydrogen (secondary N) is 1. The van der Waals surface area contributed by atoms with Crippen molar-refractivity contribution in [2.24, 2.45) is 0 Å².